The van der Waals surface area contributed by atoms with Crippen LogP contribution in [0.15, 0.2) is 48.0 Å². The molecule has 5 nitrogen and oxygen atoms in total. The lowest BCUT2D eigenvalue weighted by Crippen LogP contribution is -2.13. The van der Waals surface area contributed by atoms with Crippen molar-refractivity contribution in [3.05, 3.63) is 58.5 Å². The molecule has 0 saturated carbocycles. The third-order valence-corrected chi connectivity index (χ3v) is 4.13. The highest BCUT2D eigenvalue weighted by Gasteiger charge is 2.12. The van der Waals surface area contributed by atoms with Gasteiger partial charge in [-0.3, -0.25) is 4.79 Å². The predicted octanol–water partition coefficient (Wildman–Crippen LogP) is 4.16. The number of ether oxygens (including phenoxy) is 1. The molecule has 0 atom stereocenters. The number of para-hydroxylation sites is 1. The van der Waals surface area contributed by atoms with E-state index >= 15 is 0 Å². The molecule has 3 aromatic rings. The summed E-state index contributed by atoms with van der Waals surface area (Å²) >= 11 is 1.58. The fourth-order valence-electron chi connectivity index (χ4n) is 2.24. The summed E-state index contributed by atoms with van der Waals surface area (Å²) in [5, 5.41) is 5.90. The highest BCUT2D eigenvalue weighted by Crippen LogP contribution is 2.29. The maximum absolute atomic E-state index is 12.5. The molecule has 2 aromatic heterocycles. The number of aryl methyl sites for hydroxylation is 1. The summed E-state index contributed by atoms with van der Waals surface area (Å²) in [6, 6.07) is 11.0. The van der Waals surface area contributed by atoms with Gasteiger partial charge >= 0.3 is 0 Å². The topological polar surface area (TPSA) is 64.1 Å². The number of nitrogens with one attached hydrogen (secondary N) is 1. The van der Waals surface area contributed by atoms with Crippen molar-refractivity contribution in [2.24, 2.45) is 0 Å². The van der Waals surface area contributed by atoms with Crippen molar-refractivity contribution in [2.45, 2.75) is 13.8 Å². The first kappa shape index (κ1) is 16.1. The Hall–Kier alpha value is -2.73. The molecular formula is C18H17N3O2S. The van der Waals surface area contributed by atoms with Crippen LogP contribution in [0.5, 0.6) is 5.88 Å². The second-order valence-electron chi connectivity index (χ2n) is 5.07. The van der Waals surface area contributed by atoms with Crippen LogP contribution in [0.3, 0.4) is 0 Å². The van der Waals surface area contributed by atoms with E-state index in [2.05, 4.69) is 15.3 Å². The Kier molecular flexibility index (Phi) is 4.86. The van der Waals surface area contributed by atoms with E-state index in [-0.39, 0.29) is 5.91 Å². The molecule has 0 fully saturated rings. The molecule has 1 aromatic carbocycles. The Balaban J connectivity index is 1.82. The van der Waals surface area contributed by atoms with Crippen molar-refractivity contribution in [3.63, 3.8) is 0 Å². The fraction of sp³-hybridized carbons (Fsp3) is 0.167. The number of rotatable bonds is 5. The molecule has 3 rings (SSSR count). The molecular weight excluding hydrogens is 322 g/mol. The van der Waals surface area contributed by atoms with Crippen LogP contribution in [0, 0.1) is 6.92 Å². The zero-order chi connectivity index (χ0) is 16.9. The highest BCUT2D eigenvalue weighted by molar-refractivity contribution is 7.09. The number of aromatic nitrogens is 2. The lowest BCUT2D eigenvalue weighted by molar-refractivity contribution is 0.102. The summed E-state index contributed by atoms with van der Waals surface area (Å²) < 4.78 is 5.29. The minimum Gasteiger partial charge on any atom is -0.478 e. The first-order valence-electron chi connectivity index (χ1n) is 7.59. The van der Waals surface area contributed by atoms with Crippen LogP contribution in [-0.4, -0.2) is 22.5 Å². The highest BCUT2D eigenvalue weighted by atomic mass is 32.1. The van der Waals surface area contributed by atoms with Gasteiger partial charge in [0.05, 0.1) is 28.6 Å². The predicted molar refractivity (Wildman–Crippen MR) is 95.6 cm³/mol. The second kappa shape index (κ2) is 7.23. The molecule has 0 unspecified atom stereocenters. The SMILES string of the molecule is CCOc1ccc(C(=O)Nc2ccccc2-c2csc(C)n2)cn1. The third kappa shape index (κ3) is 3.60. The monoisotopic (exact) mass is 339 g/mol. The molecule has 0 radical (unpaired) electrons. The zero-order valence-corrected chi connectivity index (χ0v) is 14.3. The number of pyridine rings is 1. The Bertz CT molecular complexity index is 843. The lowest BCUT2D eigenvalue weighted by Gasteiger charge is -2.10. The molecule has 122 valence electrons. The van der Waals surface area contributed by atoms with E-state index in [1.165, 1.54) is 6.20 Å². The van der Waals surface area contributed by atoms with Crippen LogP contribution >= 0.6 is 11.3 Å². The molecule has 0 aliphatic rings. The summed E-state index contributed by atoms with van der Waals surface area (Å²) in [6.45, 7) is 4.39. The number of hydrogen-bond donors (Lipinski definition) is 1. The van der Waals surface area contributed by atoms with Gasteiger partial charge in [0.2, 0.25) is 5.88 Å². The standard InChI is InChI=1S/C18H17N3O2S/c1-3-23-17-9-8-13(10-19-17)18(22)21-15-7-5-4-6-14(15)16-11-24-12(2)20-16/h4-11H,3H2,1-2H3,(H,21,22). The number of nitrogens with zero attached hydrogens (tertiary/aromatic N) is 2. The summed E-state index contributed by atoms with van der Waals surface area (Å²) in [6.07, 6.45) is 1.51. The van der Waals surface area contributed by atoms with Crippen molar-refractivity contribution in [2.75, 3.05) is 11.9 Å². The molecule has 0 bridgehead atoms. The Labute approximate surface area is 144 Å². The van der Waals surface area contributed by atoms with Crippen molar-refractivity contribution >= 4 is 22.9 Å². The maximum Gasteiger partial charge on any atom is 0.257 e. The van der Waals surface area contributed by atoms with Gasteiger partial charge in [-0.25, -0.2) is 9.97 Å². The number of thiazole rings is 1. The third-order valence-electron chi connectivity index (χ3n) is 3.36. The molecule has 6 heteroatoms. The van der Waals surface area contributed by atoms with Gasteiger partial charge < -0.3 is 10.1 Å². The van der Waals surface area contributed by atoms with Gasteiger partial charge in [-0.05, 0) is 26.0 Å². The molecule has 0 aliphatic heterocycles. The Morgan fingerprint density at radius 2 is 2.08 bits per heavy atom. The lowest BCUT2D eigenvalue weighted by atomic mass is 10.1. The molecule has 0 spiro atoms. The molecule has 24 heavy (non-hydrogen) atoms. The molecule has 0 saturated heterocycles. The number of anilines is 1. The first-order valence-corrected chi connectivity index (χ1v) is 8.47. The molecule has 0 aliphatic carbocycles. The molecule has 1 amide bonds. The number of benzene rings is 1. The number of hydrogen-bond acceptors (Lipinski definition) is 5. The van der Waals surface area contributed by atoms with Gasteiger partial charge in [0.1, 0.15) is 0 Å². The van der Waals surface area contributed by atoms with Crippen LogP contribution in [-0.2, 0) is 0 Å². The summed E-state index contributed by atoms with van der Waals surface area (Å²) in [4.78, 5) is 21.1. The van der Waals surface area contributed by atoms with Crippen molar-refractivity contribution < 1.29 is 9.53 Å². The molecule has 1 N–H and O–H groups in total. The van der Waals surface area contributed by atoms with E-state index in [1.807, 2.05) is 43.5 Å². The van der Waals surface area contributed by atoms with Gasteiger partial charge in [0.25, 0.3) is 5.91 Å². The van der Waals surface area contributed by atoms with Crippen molar-refractivity contribution in [1.29, 1.82) is 0 Å². The molecule has 2 heterocycles. The summed E-state index contributed by atoms with van der Waals surface area (Å²) in [7, 11) is 0. The maximum atomic E-state index is 12.5. The van der Waals surface area contributed by atoms with Crippen LogP contribution in [0.1, 0.15) is 22.3 Å². The average Bonchev–Trinajstić information content (AvgIpc) is 3.02. The van der Waals surface area contributed by atoms with Gasteiger partial charge in [-0.15, -0.1) is 11.3 Å². The quantitative estimate of drug-likeness (QED) is 0.758. The fourth-order valence-corrected chi connectivity index (χ4v) is 2.86. The van der Waals surface area contributed by atoms with Gasteiger partial charge in [-0.1, -0.05) is 18.2 Å². The van der Waals surface area contributed by atoms with Gasteiger partial charge in [0, 0.05) is 23.2 Å². The van der Waals surface area contributed by atoms with Crippen molar-refractivity contribution in [3.8, 4) is 17.1 Å². The summed E-state index contributed by atoms with van der Waals surface area (Å²) in [5.74, 6) is 0.289. The average molecular weight is 339 g/mol. The number of carbonyl (C=O) groups excluding carboxylic acids is 1. The number of amides is 1. The minimum atomic E-state index is -0.218. The smallest absolute Gasteiger partial charge is 0.257 e. The van der Waals surface area contributed by atoms with E-state index in [4.69, 9.17) is 4.74 Å². The van der Waals surface area contributed by atoms with Gasteiger partial charge in [-0.2, -0.15) is 0 Å². The van der Waals surface area contributed by atoms with Crippen LogP contribution in [0.2, 0.25) is 0 Å². The van der Waals surface area contributed by atoms with Crippen LogP contribution in [0.25, 0.3) is 11.3 Å². The van der Waals surface area contributed by atoms with Crippen LogP contribution in [0.4, 0.5) is 5.69 Å². The van der Waals surface area contributed by atoms with E-state index in [1.54, 1.807) is 23.5 Å². The Morgan fingerprint density at radius 3 is 2.75 bits per heavy atom. The Morgan fingerprint density at radius 1 is 1.25 bits per heavy atom. The van der Waals surface area contributed by atoms with E-state index in [0.717, 1.165) is 22.0 Å². The van der Waals surface area contributed by atoms with Gasteiger partial charge in [0.15, 0.2) is 0 Å². The first-order chi connectivity index (χ1) is 11.7. The minimum absolute atomic E-state index is 0.218. The largest absolute Gasteiger partial charge is 0.478 e. The second-order valence-corrected chi connectivity index (χ2v) is 6.13. The summed E-state index contributed by atoms with van der Waals surface area (Å²) in [5.41, 5.74) is 2.96. The van der Waals surface area contributed by atoms with E-state index in [0.29, 0.717) is 18.1 Å². The van der Waals surface area contributed by atoms with E-state index in [9.17, 15) is 4.79 Å². The normalized spacial score (nSPS) is 10.4. The number of carbonyl (C=O) groups is 1. The van der Waals surface area contributed by atoms with Crippen molar-refractivity contribution in [1.82, 2.24) is 9.97 Å². The van der Waals surface area contributed by atoms with E-state index < -0.39 is 0 Å². The van der Waals surface area contributed by atoms with Crippen LogP contribution < -0.4 is 10.1 Å². The zero-order valence-electron chi connectivity index (χ0n) is 13.4.